The van der Waals surface area contributed by atoms with E-state index in [0.29, 0.717) is 6.42 Å². The molecule has 0 aromatic heterocycles. The standard InChI is InChI=1S/C27H28ClNO2S/c1-2-25(31-23-16-13-20-7-3-4-8-21(20)17-23)27(30)29-24-9-5-6-10-26(24)32-18-19-11-14-22(28)15-12-19/h5-6,9-17,25H,2-4,7-8,18H2,1H3,(H,29,30)/t25-/m0/s1. The van der Waals surface area contributed by atoms with E-state index in [1.54, 1.807) is 11.8 Å². The number of thioether (sulfide) groups is 1. The van der Waals surface area contributed by atoms with Crippen molar-refractivity contribution in [3.05, 3.63) is 88.4 Å². The lowest BCUT2D eigenvalue weighted by Gasteiger charge is -2.21. The zero-order chi connectivity index (χ0) is 22.3. The first-order chi connectivity index (χ1) is 15.6. The monoisotopic (exact) mass is 465 g/mol. The molecule has 0 bridgehead atoms. The third-order valence-electron chi connectivity index (χ3n) is 5.71. The number of carbonyl (C=O) groups is 1. The first-order valence-electron chi connectivity index (χ1n) is 11.2. The summed E-state index contributed by atoms with van der Waals surface area (Å²) in [4.78, 5) is 14.1. The molecule has 0 radical (unpaired) electrons. The Hall–Kier alpha value is -2.43. The molecule has 3 aromatic rings. The average molecular weight is 466 g/mol. The summed E-state index contributed by atoms with van der Waals surface area (Å²) >= 11 is 7.67. The topological polar surface area (TPSA) is 38.3 Å². The Morgan fingerprint density at radius 3 is 2.56 bits per heavy atom. The van der Waals surface area contributed by atoms with Gasteiger partial charge in [0.2, 0.25) is 0 Å². The van der Waals surface area contributed by atoms with Gasteiger partial charge in [-0.1, -0.05) is 48.9 Å². The van der Waals surface area contributed by atoms with Gasteiger partial charge in [0, 0.05) is 15.7 Å². The minimum absolute atomic E-state index is 0.121. The summed E-state index contributed by atoms with van der Waals surface area (Å²) in [6.45, 7) is 1.98. The smallest absolute Gasteiger partial charge is 0.265 e. The van der Waals surface area contributed by atoms with Gasteiger partial charge >= 0.3 is 0 Å². The van der Waals surface area contributed by atoms with E-state index in [2.05, 4.69) is 17.4 Å². The highest BCUT2D eigenvalue weighted by atomic mass is 35.5. The first kappa shape index (κ1) is 22.8. The predicted octanol–water partition coefficient (Wildman–Crippen LogP) is 7.31. The summed E-state index contributed by atoms with van der Waals surface area (Å²) in [6.07, 6.45) is 4.77. The number of ether oxygens (including phenoxy) is 1. The highest BCUT2D eigenvalue weighted by molar-refractivity contribution is 7.98. The average Bonchev–Trinajstić information content (AvgIpc) is 2.83. The number of benzene rings is 3. The number of halogens is 1. The molecule has 0 saturated heterocycles. The van der Waals surface area contributed by atoms with Gasteiger partial charge in [-0.15, -0.1) is 11.8 Å². The van der Waals surface area contributed by atoms with Crippen molar-refractivity contribution in [2.75, 3.05) is 5.32 Å². The fourth-order valence-corrected chi connectivity index (χ4v) is 5.01. The summed E-state index contributed by atoms with van der Waals surface area (Å²) in [6, 6.07) is 22.0. The molecule has 1 atom stereocenters. The Morgan fingerprint density at radius 1 is 1.03 bits per heavy atom. The summed E-state index contributed by atoms with van der Waals surface area (Å²) in [7, 11) is 0. The molecule has 1 N–H and O–H groups in total. The Morgan fingerprint density at radius 2 is 1.78 bits per heavy atom. The molecule has 0 fully saturated rings. The number of carbonyl (C=O) groups excluding carboxylic acids is 1. The van der Waals surface area contributed by atoms with Gasteiger partial charge in [-0.2, -0.15) is 0 Å². The molecule has 1 aliphatic carbocycles. The molecule has 3 aromatic carbocycles. The largest absolute Gasteiger partial charge is 0.481 e. The van der Waals surface area contributed by atoms with E-state index in [1.807, 2.05) is 61.5 Å². The van der Waals surface area contributed by atoms with Crippen LogP contribution in [0.5, 0.6) is 5.75 Å². The van der Waals surface area contributed by atoms with Crippen molar-refractivity contribution in [2.45, 2.75) is 55.8 Å². The number of hydrogen-bond acceptors (Lipinski definition) is 3. The zero-order valence-electron chi connectivity index (χ0n) is 18.3. The minimum Gasteiger partial charge on any atom is -0.481 e. The van der Waals surface area contributed by atoms with Crippen molar-refractivity contribution >= 4 is 35.0 Å². The van der Waals surface area contributed by atoms with E-state index in [4.69, 9.17) is 16.3 Å². The third kappa shape index (κ3) is 5.87. The highest BCUT2D eigenvalue weighted by Crippen LogP contribution is 2.31. The van der Waals surface area contributed by atoms with Crippen LogP contribution in [-0.4, -0.2) is 12.0 Å². The fraction of sp³-hybridized carbons (Fsp3) is 0.296. The number of aryl methyl sites for hydroxylation is 2. The lowest BCUT2D eigenvalue weighted by atomic mass is 9.92. The Kier molecular flexibility index (Phi) is 7.77. The van der Waals surface area contributed by atoms with Gasteiger partial charge in [-0.05, 0) is 85.2 Å². The van der Waals surface area contributed by atoms with Crippen LogP contribution in [0.15, 0.2) is 71.6 Å². The normalized spacial score (nSPS) is 13.8. The predicted molar refractivity (Wildman–Crippen MR) is 134 cm³/mol. The molecule has 0 spiro atoms. The second kappa shape index (κ2) is 10.9. The molecule has 166 valence electrons. The van der Waals surface area contributed by atoms with Crippen LogP contribution in [0.25, 0.3) is 0 Å². The number of para-hydroxylation sites is 1. The fourth-order valence-electron chi connectivity index (χ4n) is 3.92. The van der Waals surface area contributed by atoms with Gasteiger partial charge in [0.15, 0.2) is 6.10 Å². The maximum atomic E-state index is 13.0. The van der Waals surface area contributed by atoms with E-state index in [1.165, 1.54) is 29.5 Å². The van der Waals surface area contributed by atoms with Crippen LogP contribution in [0.1, 0.15) is 42.9 Å². The second-order valence-corrected chi connectivity index (χ2v) is 9.51. The molecule has 0 unspecified atom stereocenters. The van der Waals surface area contributed by atoms with Crippen LogP contribution < -0.4 is 10.1 Å². The molecule has 4 rings (SSSR count). The first-order valence-corrected chi connectivity index (χ1v) is 12.5. The van der Waals surface area contributed by atoms with E-state index >= 15 is 0 Å². The van der Waals surface area contributed by atoms with E-state index in [9.17, 15) is 4.79 Å². The number of anilines is 1. The molecule has 5 heteroatoms. The van der Waals surface area contributed by atoms with E-state index in [0.717, 1.165) is 39.9 Å². The molecular weight excluding hydrogens is 438 g/mol. The van der Waals surface area contributed by atoms with E-state index < -0.39 is 6.10 Å². The van der Waals surface area contributed by atoms with Gasteiger partial charge < -0.3 is 10.1 Å². The van der Waals surface area contributed by atoms with Gasteiger partial charge in [0.25, 0.3) is 5.91 Å². The number of nitrogens with one attached hydrogen (secondary N) is 1. The van der Waals surface area contributed by atoms with Crippen molar-refractivity contribution in [1.29, 1.82) is 0 Å². The highest BCUT2D eigenvalue weighted by Gasteiger charge is 2.20. The van der Waals surface area contributed by atoms with Crippen LogP contribution >= 0.6 is 23.4 Å². The zero-order valence-corrected chi connectivity index (χ0v) is 19.8. The lowest BCUT2D eigenvalue weighted by molar-refractivity contribution is -0.122. The molecule has 0 saturated carbocycles. The van der Waals surface area contributed by atoms with Crippen LogP contribution in [-0.2, 0) is 23.4 Å². The van der Waals surface area contributed by atoms with Gasteiger partial charge in [-0.25, -0.2) is 0 Å². The maximum absolute atomic E-state index is 13.0. The molecule has 0 aliphatic heterocycles. The van der Waals surface area contributed by atoms with Crippen LogP contribution in [0, 0.1) is 0 Å². The van der Waals surface area contributed by atoms with Crippen molar-refractivity contribution in [3.8, 4) is 5.75 Å². The van der Waals surface area contributed by atoms with Crippen molar-refractivity contribution in [2.24, 2.45) is 0 Å². The molecule has 1 amide bonds. The molecule has 0 heterocycles. The summed E-state index contributed by atoms with van der Waals surface area (Å²) in [5.41, 5.74) is 4.76. The number of fused-ring (bicyclic) bond motifs is 1. The molecule has 1 aliphatic rings. The van der Waals surface area contributed by atoms with Crippen LogP contribution in [0.3, 0.4) is 0 Å². The summed E-state index contributed by atoms with van der Waals surface area (Å²) in [5, 5.41) is 3.82. The Balaban J connectivity index is 1.41. The van der Waals surface area contributed by atoms with Gasteiger partial charge in [0.05, 0.1) is 5.69 Å². The maximum Gasteiger partial charge on any atom is 0.265 e. The lowest BCUT2D eigenvalue weighted by Crippen LogP contribution is -2.32. The van der Waals surface area contributed by atoms with Gasteiger partial charge in [0.1, 0.15) is 5.75 Å². The summed E-state index contributed by atoms with van der Waals surface area (Å²) < 4.78 is 6.11. The second-order valence-electron chi connectivity index (χ2n) is 8.05. The molecule has 32 heavy (non-hydrogen) atoms. The molecule has 3 nitrogen and oxygen atoms in total. The van der Waals surface area contributed by atoms with Crippen molar-refractivity contribution in [3.63, 3.8) is 0 Å². The number of hydrogen-bond donors (Lipinski definition) is 1. The van der Waals surface area contributed by atoms with Crippen molar-refractivity contribution in [1.82, 2.24) is 0 Å². The quantitative estimate of drug-likeness (QED) is 0.354. The number of rotatable bonds is 8. The van der Waals surface area contributed by atoms with Crippen LogP contribution in [0.4, 0.5) is 5.69 Å². The number of amides is 1. The summed E-state index contributed by atoms with van der Waals surface area (Å²) in [5.74, 6) is 1.45. The molecular formula is C27H28ClNO2S. The minimum atomic E-state index is -0.536. The Bertz CT molecular complexity index is 1070. The SMILES string of the molecule is CC[C@H](Oc1ccc2c(c1)CCCC2)C(=O)Nc1ccccc1SCc1ccc(Cl)cc1. The van der Waals surface area contributed by atoms with Crippen LogP contribution in [0.2, 0.25) is 5.02 Å². The Labute approximate surface area is 199 Å². The van der Waals surface area contributed by atoms with Gasteiger partial charge in [-0.3, -0.25) is 4.79 Å². The van der Waals surface area contributed by atoms with E-state index in [-0.39, 0.29) is 5.91 Å². The van der Waals surface area contributed by atoms with Crippen molar-refractivity contribution < 1.29 is 9.53 Å². The third-order valence-corrected chi connectivity index (χ3v) is 7.11.